The van der Waals surface area contributed by atoms with Gasteiger partial charge in [0.05, 0.1) is 0 Å². The molecule has 0 N–H and O–H groups in total. The van der Waals surface area contributed by atoms with E-state index in [-0.39, 0.29) is 0 Å². The fraction of sp³-hybridized carbons (Fsp3) is 1.00. The molecule has 140 valence electrons. The van der Waals surface area contributed by atoms with Gasteiger partial charge < -0.3 is 31.9 Å². The molecule has 0 radical (unpaired) electrons. The molecule has 0 bridgehead atoms. The molecule has 0 aliphatic rings. The smallest absolute Gasteiger partial charge is 0.354 e. The molecule has 0 saturated carbocycles. The summed E-state index contributed by atoms with van der Waals surface area (Å²) in [5, 5.41) is 0. The van der Waals surface area contributed by atoms with Crippen molar-refractivity contribution < 1.29 is 31.9 Å². The van der Waals surface area contributed by atoms with Gasteiger partial charge in [0.1, 0.15) is 0 Å². The van der Waals surface area contributed by atoms with E-state index >= 15 is 0 Å². The molecule has 0 saturated heterocycles. The van der Waals surface area contributed by atoms with Crippen molar-refractivity contribution in [1.82, 2.24) is 0 Å². The molecule has 0 aliphatic carbocycles. The molecule has 0 aromatic carbocycles. The highest BCUT2D eigenvalue weighted by molar-refractivity contribution is 6.53. The van der Waals surface area contributed by atoms with E-state index in [1.54, 1.807) is 20.8 Å². The molecule has 0 fully saturated rings. The van der Waals surface area contributed by atoms with Crippen LogP contribution in [0.3, 0.4) is 0 Å². The first kappa shape index (κ1) is 22.9. The van der Waals surface area contributed by atoms with Gasteiger partial charge in [0, 0.05) is 26.4 Å². The minimum atomic E-state index is -3.49. The normalized spacial score (nSPS) is 18.4. The van der Waals surface area contributed by atoms with E-state index < -0.39 is 27.9 Å². The summed E-state index contributed by atoms with van der Waals surface area (Å²) in [5.74, 6) is 0. The van der Waals surface area contributed by atoms with Gasteiger partial charge in [-0.25, -0.2) is 0 Å². The average molecular weight is 355 g/mol. The molecule has 23 heavy (non-hydrogen) atoms. The maximum Gasteiger partial charge on any atom is 0.685 e. The van der Waals surface area contributed by atoms with Crippen LogP contribution in [0, 0.1) is 0 Å². The molecule has 3 atom stereocenters. The van der Waals surface area contributed by atoms with Crippen molar-refractivity contribution in [2.75, 3.05) is 26.4 Å². The predicted molar refractivity (Wildman–Crippen MR) is 88.5 cm³/mol. The first-order valence-corrected chi connectivity index (χ1v) is 10.1. The van der Waals surface area contributed by atoms with Crippen LogP contribution in [-0.2, 0) is 31.9 Å². The first-order valence-electron chi connectivity index (χ1n) is 8.45. The van der Waals surface area contributed by atoms with Crippen LogP contribution in [0.2, 0.25) is 0 Å². The Kier molecular flexibility index (Phi) is 13.2. The Morgan fingerprint density at radius 3 is 1.26 bits per heavy atom. The highest BCUT2D eigenvalue weighted by Gasteiger charge is 2.51. The van der Waals surface area contributed by atoms with Crippen molar-refractivity contribution in [3.63, 3.8) is 0 Å². The van der Waals surface area contributed by atoms with Crippen LogP contribution in [0.1, 0.15) is 54.9 Å². The zero-order chi connectivity index (χ0) is 17.7. The first-order chi connectivity index (χ1) is 10.9. The van der Waals surface area contributed by atoms with E-state index in [1.807, 2.05) is 27.7 Å². The molecular formula is C15H34O7Si. The molecule has 0 aliphatic heterocycles. The van der Waals surface area contributed by atoms with E-state index in [0.29, 0.717) is 26.4 Å². The van der Waals surface area contributed by atoms with Crippen LogP contribution in [0.15, 0.2) is 0 Å². The third-order valence-corrected chi connectivity index (χ3v) is 5.04. The third-order valence-electron chi connectivity index (χ3n) is 2.62. The molecule has 0 aromatic heterocycles. The standard InChI is InChI=1S/C15H34O7Si/c1-8-12-19-23(20-13(5)16-9-2,21-14(6)17-10-3)22-15(7)18-11-4/h13-15H,8-12H2,1-7H3. The summed E-state index contributed by atoms with van der Waals surface area (Å²) in [6, 6.07) is 0. The Labute approximate surface area is 142 Å². The van der Waals surface area contributed by atoms with Crippen molar-refractivity contribution in [2.24, 2.45) is 0 Å². The van der Waals surface area contributed by atoms with Crippen molar-refractivity contribution in [2.45, 2.75) is 73.8 Å². The molecule has 0 heterocycles. The highest BCUT2D eigenvalue weighted by atomic mass is 28.4. The Bertz CT molecular complexity index is 245. The van der Waals surface area contributed by atoms with Gasteiger partial charge in [0.15, 0.2) is 18.9 Å². The molecular weight excluding hydrogens is 320 g/mol. The lowest BCUT2D eigenvalue weighted by atomic mass is 10.5. The van der Waals surface area contributed by atoms with E-state index in [9.17, 15) is 0 Å². The summed E-state index contributed by atoms with van der Waals surface area (Å²) >= 11 is 0. The van der Waals surface area contributed by atoms with Crippen molar-refractivity contribution in [3.05, 3.63) is 0 Å². The topological polar surface area (TPSA) is 64.6 Å². The van der Waals surface area contributed by atoms with Crippen LogP contribution in [0.25, 0.3) is 0 Å². The summed E-state index contributed by atoms with van der Waals surface area (Å²) < 4.78 is 39.9. The summed E-state index contributed by atoms with van der Waals surface area (Å²) in [6.45, 7) is 15.0. The van der Waals surface area contributed by atoms with Gasteiger partial charge in [-0.15, -0.1) is 0 Å². The number of rotatable bonds is 15. The number of ether oxygens (including phenoxy) is 3. The van der Waals surface area contributed by atoms with Crippen LogP contribution in [-0.4, -0.2) is 54.3 Å². The minimum absolute atomic E-state index is 0.447. The van der Waals surface area contributed by atoms with E-state index in [2.05, 4.69) is 0 Å². The van der Waals surface area contributed by atoms with Crippen LogP contribution in [0.4, 0.5) is 0 Å². The molecule has 3 unspecified atom stereocenters. The monoisotopic (exact) mass is 354 g/mol. The second-order valence-corrected chi connectivity index (χ2v) is 6.77. The van der Waals surface area contributed by atoms with Gasteiger partial charge in [0.25, 0.3) is 0 Å². The maximum absolute atomic E-state index is 5.90. The number of hydrogen-bond acceptors (Lipinski definition) is 7. The fourth-order valence-electron chi connectivity index (χ4n) is 1.83. The molecule has 0 amide bonds. The van der Waals surface area contributed by atoms with Crippen molar-refractivity contribution in [3.8, 4) is 0 Å². The van der Waals surface area contributed by atoms with Gasteiger partial charge in [-0.2, -0.15) is 0 Å². The Morgan fingerprint density at radius 1 is 0.652 bits per heavy atom. The van der Waals surface area contributed by atoms with Crippen LogP contribution < -0.4 is 0 Å². The second kappa shape index (κ2) is 13.3. The summed E-state index contributed by atoms with van der Waals surface area (Å²) in [5.41, 5.74) is 0. The lowest BCUT2D eigenvalue weighted by molar-refractivity contribution is -0.208. The Morgan fingerprint density at radius 2 is 1.00 bits per heavy atom. The van der Waals surface area contributed by atoms with Crippen LogP contribution in [0.5, 0.6) is 0 Å². The van der Waals surface area contributed by atoms with E-state index in [1.165, 1.54) is 0 Å². The summed E-state index contributed by atoms with van der Waals surface area (Å²) in [7, 11) is -3.49. The lowest BCUT2D eigenvalue weighted by Crippen LogP contribution is -2.55. The van der Waals surface area contributed by atoms with Gasteiger partial charge in [-0.1, -0.05) is 6.92 Å². The maximum atomic E-state index is 5.90. The molecule has 0 aromatic rings. The molecule has 0 rings (SSSR count). The van der Waals surface area contributed by atoms with Crippen molar-refractivity contribution >= 4 is 9.05 Å². The van der Waals surface area contributed by atoms with Crippen molar-refractivity contribution in [1.29, 1.82) is 0 Å². The fourth-order valence-corrected chi connectivity index (χ4v) is 4.08. The SMILES string of the molecule is CCCO[Si](OC(C)OCC)(OC(C)OCC)OC(C)OCC. The van der Waals surface area contributed by atoms with Gasteiger partial charge in [-0.3, -0.25) is 0 Å². The Hall–Kier alpha value is -0.0631. The van der Waals surface area contributed by atoms with Crippen LogP contribution >= 0.6 is 0 Å². The zero-order valence-corrected chi connectivity index (χ0v) is 16.6. The van der Waals surface area contributed by atoms with Gasteiger partial charge in [-0.05, 0) is 48.0 Å². The lowest BCUT2D eigenvalue weighted by Gasteiger charge is -2.34. The van der Waals surface area contributed by atoms with E-state index in [4.69, 9.17) is 31.9 Å². The Balaban J connectivity index is 5.14. The third kappa shape index (κ3) is 10.4. The number of hydrogen-bond donors (Lipinski definition) is 0. The average Bonchev–Trinajstić information content (AvgIpc) is 2.45. The highest BCUT2D eigenvalue weighted by Crippen LogP contribution is 2.21. The largest absolute Gasteiger partial charge is 0.685 e. The quantitative estimate of drug-likeness (QED) is 0.331. The van der Waals surface area contributed by atoms with E-state index in [0.717, 1.165) is 6.42 Å². The zero-order valence-electron chi connectivity index (χ0n) is 15.6. The second-order valence-electron chi connectivity index (χ2n) is 4.77. The minimum Gasteiger partial charge on any atom is -0.354 e. The van der Waals surface area contributed by atoms with Gasteiger partial charge in [0.2, 0.25) is 0 Å². The molecule has 8 heteroatoms. The summed E-state index contributed by atoms with van der Waals surface area (Å²) in [6.07, 6.45) is -0.761. The molecule has 7 nitrogen and oxygen atoms in total. The summed E-state index contributed by atoms with van der Waals surface area (Å²) in [4.78, 5) is 0. The molecule has 0 spiro atoms. The predicted octanol–water partition coefficient (Wildman–Crippen LogP) is 3.05. The van der Waals surface area contributed by atoms with Gasteiger partial charge >= 0.3 is 9.05 Å².